The number of urea groups is 1. The minimum Gasteiger partial charge on any atom is -0.365 e. The van der Waals surface area contributed by atoms with Crippen LogP contribution in [0.1, 0.15) is 39.7 Å². The molecule has 2 aromatic rings. The minimum absolute atomic E-state index is 0.330. The molecule has 2 aliphatic rings. The van der Waals surface area contributed by atoms with Crippen molar-refractivity contribution in [2.75, 3.05) is 11.9 Å². The van der Waals surface area contributed by atoms with Crippen molar-refractivity contribution < 1.29 is 19.2 Å². The lowest BCUT2D eigenvalue weighted by Crippen LogP contribution is -2.42. The summed E-state index contributed by atoms with van der Waals surface area (Å²) in [6.07, 6.45) is 2.54. The van der Waals surface area contributed by atoms with Gasteiger partial charge in [-0.3, -0.25) is 19.3 Å². The van der Waals surface area contributed by atoms with Gasteiger partial charge in [0, 0.05) is 14.9 Å². The zero-order valence-corrected chi connectivity index (χ0v) is 18.5. The lowest BCUT2D eigenvalue weighted by molar-refractivity contribution is -0.133. The highest BCUT2D eigenvalue weighted by Crippen LogP contribution is 2.39. The zero-order valence-electron chi connectivity index (χ0n) is 16.1. The number of nitrogens with two attached hydrogens (primary N) is 1. The van der Waals surface area contributed by atoms with E-state index in [0.717, 1.165) is 34.6 Å². The first kappa shape index (κ1) is 20.5. The number of thiophene rings is 1. The maximum absolute atomic E-state index is 13.0. The first-order valence-electron chi connectivity index (χ1n) is 9.35. The number of amides is 5. The zero-order chi connectivity index (χ0) is 21.6. The molecule has 156 valence electrons. The molecule has 1 atom stereocenters. The second kappa shape index (κ2) is 7.51. The fraction of sp³-hybridized carbons (Fsp3) is 0.300. The van der Waals surface area contributed by atoms with Crippen LogP contribution < -0.4 is 16.4 Å². The van der Waals surface area contributed by atoms with Crippen molar-refractivity contribution in [3.63, 3.8) is 0 Å². The molecule has 1 aromatic heterocycles. The normalized spacial score (nSPS) is 20.3. The van der Waals surface area contributed by atoms with Gasteiger partial charge in [0.25, 0.3) is 11.8 Å². The minimum atomic E-state index is -1.29. The number of hydrogen-bond acceptors (Lipinski definition) is 5. The summed E-state index contributed by atoms with van der Waals surface area (Å²) in [5, 5.41) is 5.71. The summed E-state index contributed by atoms with van der Waals surface area (Å²) in [5.41, 5.74) is 6.03. The molecule has 2 heterocycles. The summed E-state index contributed by atoms with van der Waals surface area (Å²) >= 11 is 4.72. The molecular weight excluding hydrogens is 472 g/mol. The lowest BCUT2D eigenvalue weighted by Gasteiger charge is -2.23. The maximum Gasteiger partial charge on any atom is 0.325 e. The highest BCUT2D eigenvalue weighted by atomic mass is 79.9. The summed E-state index contributed by atoms with van der Waals surface area (Å²) < 4.78 is 0.673. The van der Waals surface area contributed by atoms with E-state index in [9.17, 15) is 19.2 Å². The van der Waals surface area contributed by atoms with Gasteiger partial charge in [-0.25, -0.2) is 4.79 Å². The standard InChI is InChI=1S/C20H19BrN4O4S/c1-20(11-6-2-3-7-12(11)21)18(28)25(19(29)24-20)9-14(26)23-17-15(16(22)27)10-5-4-8-13(10)30-17/h2-3,6-7H,4-5,8-9H2,1H3,(H2,22,27)(H,23,26)(H,24,29). The summed E-state index contributed by atoms with van der Waals surface area (Å²) in [7, 11) is 0. The number of imide groups is 1. The average Bonchev–Trinajstić information content (AvgIpc) is 3.31. The molecule has 0 saturated carbocycles. The number of rotatable bonds is 5. The molecule has 1 unspecified atom stereocenters. The summed E-state index contributed by atoms with van der Waals surface area (Å²) in [5.74, 6) is -1.70. The molecule has 5 amide bonds. The summed E-state index contributed by atoms with van der Waals surface area (Å²) in [4.78, 5) is 52.0. The molecule has 10 heteroatoms. The van der Waals surface area contributed by atoms with E-state index in [1.54, 1.807) is 31.2 Å². The number of nitrogens with one attached hydrogen (secondary N) is 2. The van der Waals surface area contributed by atoms with E-state index in [4.69, 9.17) is 5.73 Å². The Bertz CT molecular complexity index is 1100. The first-order chi connectivity index (χ1) is 14.2. The highest BCUT2D eigenvalue weighted by molar-refractivity contribution is 9.10. The molecule has 4 N–H and O–H groups in total. The van der Waals surface area contributed by atoms with Crippen molar-refractivity contribution in [1.82, 2.24) is 10.2 Å². The number of nitrogens with zero attached hydrogens (tertiary/aromatic N) is 1. The molecule has 30 heavy (non-hydrogen) atoms. The predicted molar refractivity (Wildman–Crippen MR) is 115 cm³/mol. The van der Waals surface area contributed by atoms with Crippen LogP contribution in [0.4, 0.5) is 9.80 Å². The number of hydrogen-bond donors (Lipinski definition) is 3. The SMILES string of the molecule is CC1(c2ccccc2Br)NC(=O)N(CC(=O)Nc2sc3c(c2C(N)=O)CCC3)C1=O. The van der Waals surface area contributed by atoms with E-state index in [2.05, 4.69) is 26.6 Å². The van der Waals surface area contributed by atoms with Crippen LogP contribution in [0.25, 0.3) is 0 Å². The van der Waals surface area contributed by atoms with Gasteiger partial charge in [-0.1, -0.05) is 34.1 Å². The largest absolute Gasteiger partial charge is 0.365 e. The smallest absolute Gasteiger partial charge is 0.325 e. The number of fused-ring (bicyclic) bond motifs is 1. The van der Waals surface area contributed by atoms with Crippen LogP contribution >= 0.6 is 27.3 Å². The second-order valence-electron chi connectivity index (χ2n) is 7.40. The van der Waals surface area contributed by atoms with Crippen LogP contribution in [0.5, 0.6) is 0 Å². The molecule has 8 nitrogen and oxygen atoms in total. The Hall–Kier alpha value is -2.72. The monoisotopic (exact) mass is 490 g/mol. The van der Waals surface area contributed by atoms with Crippen molar-refractivity contribution in [2.24, 2.45) is 5.73 Å². The number of carbonyl (C=O) groups excluding carboxylic acids is 4. The molecule has 4 rings (SSSR count). The average molecular weight is 491 g/mol. The van der Waals surface area contributed by atoms with Gasteiger partial charge >= 0.3 is 6.03 Å². The van der Waals surface area contributed by atoms with Crippen LogP contribution in [-0.2, 0) is 28.0 Å². The predicted octanol–water partition coefficient (Wildman–Crippen LogP) is 2.50. The van der Waals surface area contributed by atoms with Crippen molar-refractivity contribution in [3.05, 3.63) is 50.3 Å². The molecule has 0 radical (unpaired) electrons. The van der Waals surface area contributed by atoms with Crippen molar-refractivity contribution >= 4 is 56.0 Å². The molecule has 0 spiro atoms. The third kappa shape index (κ3) is 3.29. The number of benzene rings is 1. The van der Waals surface area contributed by atoms with Gasteiger partial charge in [0.15, 0.2) is 0 Å². The third-order valence-corrected chi connectivity index (χ3v) is 7.31. The Balaban J connectivity index is 1.53. The third-order valence-electron chi connectivity index (χ3n) is 5.41. The topological polar surface area (TPSA) is 122 Å². The van der Waals surface area contributed by atoms with Gasteiger partial charge < -0.3 is 16.4 Å². The fourth-order valence-corrected chi connectivity index (χ4v) is 5.94. The molecule has 1 aliphatic carbocycles. The number of halogens is 1. The Kier molecular flexibility index (Phi) is 5.15. The van der Waals surface area contributed by atoms with Gasteiger partial charge in [-0.05, 0) is 37.8 Å². The Morgan fingerprint density at radius 2 is 2.03 bits per heavy atom. The molecular formula is C20H19BrN4O4S. The molecule has 1 aliphatic heterocycles. The van der Waals surface area contributed by atoms with E-state index in [-0.39, 0.29) is 0 Å². The summed E-state index contributed by atoms with van der Waals surface area (Å²) in [6, 6.07) is 6.42. The van der Waals surface area contributed by atoms with Gasteiger partial charge in [0.05, 0.1) is 5.56 Å². The summed E-state index contributed by atoms with van der Waals surface area (Å²) in [6.45, 7) is 1.13. The lowest BCUT2D eigenvalue weighted by atomic mass is 9.92. The Morgan fingerprint density at radius 1 is 1.30 bits per heavy atom. The van der Waals surface area contributed by atoms with Crippen LogP contribution in [0.3, 0.4) is 0 Å². The first-order valence-corrected chi connectivity index (χ1v) is 11.0. The van der Waals surface area contributed by atoms with Crippen LogP contribution in [0, 0.1) is 0 Å². The van der Waals surface area contributed by atoms with E-state index in [1.807, 2.05) is 0 Å². The van der Waals surface area contributed by atoms with E-state index in [0.29, 0.717) is 20.6 Å². The number of anilines is 1. The Labute approximate surface area is 184 Å². The van der Waals surface area contributed by atoms with Crippen LogP contribution in [-0.4, -0.2) is 35.2 Å². The fourth-order valence-electron chi connectivity index (χ4n) is 3.95. The molecule has 0 bridgehead atoms. The second-order valence-corrected chi connectivity index (χ2v) is 9.36. The highest BCUT2D eigenvalue weighted by Gasteiger charge is 2.50. The van der Waals surface area contributed by atoms with E-state index >= 15 is 0 Å². The van der Waals surface area contributed by atoms with E-state index < -0.39 is 35.8 Å². The quantitative estimate of drug-likeness (QED) is 0.557. The van der Waals surface area contributed by atoms with Gasteiger partial charge in [-0.2, -0.15) is 0 Å². The van der Waals surface area contributed by atoms with Crippen molar-refractivity contribution in [1.29, 1.82) is 0 Å². The van der Waals surface area contributed by atoms with Crippen molar-refractivity contribution in [2.45, 2.75) is 31.7 Å². The molecule has 1 saturated heterocycles. The number of primary amides is 1. The molecule has 1 aromatic carbocycles. The van der Waals surface area contributed by atoms with Gasteiger partial charge in [-0.15, -0.1) is 11.3 Å². The van der Waals surface area contributed by atoms with Crippen LogP contribution in [0.15, 0.2) is 28.7 Å². The number of aryl methyl sites for hydroxylation is 1. The van der Waals surface area contributed by atoms with Gasteiger partial charge in [0.2, 0.25) is 5.91 Å². The van der Waals surface area contributed by atoms with E-state index in [1.165, 1.54) is 11.3 Å². The van der Waals surface area contributed by atoms with Crippen LogP contribution in [0.2, 0.25) is 0 Å². The van der Waals surface area contributed by atoms with Crippen molar-refractivity contribution in [3.8, 4) is 0 Å². The van der Waals surface area contributed by atoms with Gasteiger partial charge in [0.1, 0.15) is 17.1 Å². The molecule has 1 fully saturated rings. The number of carbonyl (C=O) groups is 4. The maximum atomic E-state index is 13.0. The Morgan fingerprint density at radius 3 is 2.73 bits per heavy atom.